The Kier molecular flexibility index (Phi) is 5.34. The molecule has 1 N–H and O–H groups in total. The molecule has 0 unspecified atom stereocenters. The summed E-state index contributed by atoms with van der Waals surface area (Å²) in [5.74, 6) is -0.748. The summed E-state index contributed by atoms with van der Waals surface area (Å²) in [6.45, 7) is 6.25. The van der Waals surface area contributed by atoms with Crippen LogP contribution in [0.5, 0.6) is 0 Å². The van der Waals surface area contributed by atoms with Crippen LogP contribution < -0.4 is 5.32 Å². The standard InChI is InChI=1S/C22H20ClFN4OS/c1-22(2,3)18-12-26-21(30-18)27-20(29)9-13-4-5-14(8-16(13)24)17-11-25-19-10-15(23)6-7-28(17)19/h4-8,10-12H,9H2,1-3H3,(H,26,27,29). The molecule has 0 radical (unpaired) electrons. The second kappa shape index (κ2) is 7.81. The second-order valence-corrected chi connectivity index (χ2v) is 9.49. The monoisotopic (exact) mass is 442 g/mol. The van der Waals surface area contributed by atoms with E-state index in [-0.39, 0.29) is 17.7 Å². The van der Waals surface area contributed by atoms with Crippen molar-refractivity contribution in [2.24, 2.45) is 0 Å². The Morgan fingerprint density at radius 1 is 1.20 bits per heavy atom. The van der Waals surface area contributed by atoms with Gasteiger partial charge in [0.1, 0.15) is 11.5 Å². The molecule has 8 heteroatoms. The smallest absolute Gasteiger partial charge is 0.230 e. The Labute approximate surface area is 182 Å². The van der Waals surface area contributed by atoms with Crippen molar-refractivity contribution in [3.05, 3.63) is 70.2 Å². The predicted molar refractivity (Wildman–Crippen MR) is 119 cm³/mol. The van der Waals surface area contributed by atoms with Crippen LogP contribution in [0.3, 0.4) is 0 Å². The molecule has 3 aromatic heterocycles. The van der Waals surface area contributed by atoms with Gasteiger partial charge in [-0.25, -0.2) is 14.4 Å². The molecule has 30 heavy (non-hydrogen) atoms. The molecule has 4 rings (SSSR count). The number of hydrogen-bond donors (Lipinski definition) is 1. The zero-order valence-electron chi connectivity index (χ0n) is 16.7. The highest BCUT2D eigenvalue weighted by molar-refractivity contribution is 7.15. The van der Waals surface area contributed by atoms with Crippen LogP contribution in [0.1, 0.15) is 31.2 Å². The first-order valence-corrected chi connectivity index (χ1v) is 10.6. The van der Waals surface area contributed by atoms with E-state index < -0.39 is 5.82 Å². The van der Waals surface area contributed by atoms with Gasteiger partial charge in [0, 0.05) is 33.9 Å². The van der Waals surface area contributed by atoms with Crippen molar-refractivity contribution in [2.75, 3.05) is 5.32 Å². The number of pyridine rings is 1. The highest BCUT2D eigenvalue weighted by Gasteiger charge is 2.18. The van der Waals surface area contributed by atoms with Gasteiger partial charge in [-0.3, -0.25) is 9.20 Å². The van der Waals surface area contributed by atoms with Gasteiger partial charge in [-0.05, 0) is 23.1 Å². The minimum absolute atomic E-state index is 0.0360. The van der Waals surface area contributed by atoms with Crippen molar-refractivity contribution in [3.63, 3.8) is 0 Å². The molecule has 5 nitrogen and oxygen atoms in total. The third-order valence-electron chi connectivity index (χ3n) is 4.67. The summed E-state index contributed by atoms with van der Waals surface area (Å²) in [6, 6.07) is 8.32. The molecule has 0 aliphatic carbocycles. The lowest BCUT2D eigenvalue weighted by molar-refractivity contribution is -0.115. The van der Waals surface area contributed by atoms with E-state index in [1.807, 2.05) is 4.40 Å². The molecule has 154 valence electrons. The minimum atomic E-state index is -0.443. The average molecular weight is 443 g/mol. The maximum atomic E-state index is 14.7. The molecular weight excluding hydrogens is 423 g/mol. The number of aromatic nitrogens is 3. The highest BCUT2D eigenvalue weighted by atomic mass is 35.5. The van der Waals surface area contributed by atoms with Gasteiger partial charge in [0.05, 0.1) is 18.3 Å². The fraction of sp³-hybridized carbons (Fsp3) is 0.227. The number of thiazole rings is 1. The third kappa shape index (κ3) is 4.22. The molecule has 0 saturated carbocycles. The van der Waals surface area contributed by atoms with Gasteiger partial charge >= 0.3 is 0 Å². The predicted octanol–water partition coefficient (Wildman–Crippen LogP) is 5.73. The minimum Gasteiger partial charge on any atom is -0.302 e. The normalized spacial score (nSPS) is 11.8. The zero-order valence-corrected chi connectivity index (χ0v) is 18.3. The number of halogens is 2. The molecule has 3 heterocycles. The second-order valence-electron chi connectivity index (χ2n) is 8.03. The Morgan fingerprint density at radius 2 is 2.00 bits per heavy atom. The number of carbonyl (C=O) groups excluding carboxylic acids is 1. The Hall–Kier alpha value is -2.77. The van der Waals surface area contributed by atoms with Crippen LogP contribution in [0, 0.1) is 5.82 Å². The van der Waals surface area contributed by atoms with Gasteiger partial charge in [-0.15, -0.1) is 11.3 Å². The van der Waals surface area contributed by atoms with E-state index >= 15 is 0 Å². The molecule has 0 atom stereocenters. The lowest BCUT2D eigenvalue weighted by Gasteiger charge is -2.14. The molecular formula is C22H20ClFN4OS. The molecule has 1 amide bonds. The fourth-order valence-electron chi connectivity index (χ4n) is 3.03. The van der Waals surface area contributed by atoms with Gasteiger partial charge in [0.2, 0.25) is 5.91 Å². The SMILES string of the molecule is CC(C)(C)c1cnc(NC(=O)Cc2ccc(-c3cnc4cc(Cl)ccn34)cc2F)s1. The summed E-state index contributed by atoms with van der Waals surface area (Å²) < 4.78 is 16.6. The lowest BCUT2D eigenvalue weighted by Crippen LogP contribution is -2.15. The maximum absolute atomic E-state index is 14.7. The van der Waals surface area contributed by atoms with E-state index in [1.165, 1.54) is 17.4 Å². The number of carbonyl (C=O) groups is 1. The molecule has 0 fully saturated rings. The third-order valence-corrected chi connectivity index (χ3v) is 6.24. The summed E-state index contributed by atoms with van der Waals surface area (Å²) in [5, 5.41) is 3.86. The van der Waals surface area contributed by atoms with Crippen molar-refractivity contribution in [1.29, 1.82) is 0 Å². The molecule has 0 spiro atoms. The van der Waals surface area contributed by atoms with Crippen molar-refractivity contribution < 1.29 is 9.18 Å². The number of amides is 1. The van der Waals surface area contributed by atoms with E-state index in [0.29, 0.717) is 26.9 Å². The molecule has 0 saturated heterocycles. The van der Waals surface area contributed by atoms with Gasteiger partial charge in [0.15, 0.2) is 5.13 Å². The van der Waals surface area contributed by atoms with Crippen LogP contribution in [0.15, 0.2) is 48.9 Å². The molecule has 0 aliphatic rings. The van der Waals surface area contributed by atoms with Crippen molar-refractivity contribution in [1.82, 2.24) is 14.4 Å². The van der Waals surface area contributed by atoms with Crippen molar-refractivity contribution >= 4 is 39.6 Å². The first-order valence-electron chi connectivity index (χ1n) is 9.38. The van der Waals surface area contributed by atoms with Gasteiger partial charge in [0.25, 0.3) is 0 Å². The summed E-state index contributed by atoms with van der Waals surface area (Å²) in [6.07, 6.45) is 5.15. The number of rotatable bonds is 4. The van der Waals surface area contributed by atoms with E-state index in [9.17, 15) is 9.18 Å². The number of imidazole rings is 1. The van der Waals surface area contributed by atoms with Crippen LogP contribution in [-0.4, -0.2) is 20.3 Å². The summed E-state index contributed by atoms with van der Waals surface area (Å²) in [7, 11) is 0. The first-order chi connectivity index (χ1) is 14.2. The van der Waals surface area contributed by atoms with Crippen molar-refractivity contribution in [2.45, 2.75) is 32.6 Å². The fourth-order valence-corrected chi connectivity index (χ4v) is 4.08. The van der Waals surface area contributed by atoms with E-state index in [4.69, 9.17) is 11.6 Å². The first kappa shape index (κ1) is 20.5. The van der Waals surface area contributed by atoms with Gasteiger partial charge < -0.3 is 5.32 Å². The van der Waals surface area contributed by atoms with E-state index in [2.05, 4.69) is 36.1 Å². The van der Waals surface area contributed by atoms with Crippen LogP contribution in [0.25, 0.3) is 16.9 Å². The Morgan fingerprint density at radius 3 is 2.70 bits per heavy atom. The summed E-state index contributed by atoms with van der Waals surface area (Å²) in [4.78, 5) is 22.0. The Balaban J connectivity index is 1.50. The Bertz CT molecular complexity index is 1240. The van der Waals surface area contributed by atoms with E-state index in [0.717, 1.165) is 10.6 Å². The van der Waals surface area contributed by atoms with Crippen LogP contribution in [-0.2, 0) is 16.6 Å². The summed E-state index contributed by atoms with van der Waals surface area (Å²) >= 11 is 7.42. The molecule has 1 aromatic carbocycles. The van der Waals surface area contributed by atoms with Gasteiger partial charge in [-0.1, -0.05) is 44.5 Å². The topological polar surface area (TPSA) is 59.3 Å². The highest BCUT2D eigenvalue weighted by Crippen LogP contribution is 2.30. The number of anilines is 1. The number of hydrogen-bond acceptors (Lipinski definition) is 4. The quantitative estimate of drug-likeness (QED) is 0.439. The molecule has 4 aromatic rings. The number of benzene rings is 1. The van der Waals surface area contributed by atoms with Crippen LogP contribution in [0.4, 0.5) is 9.52 Å². The van der Waals surface area contributed by atoms with Gasteiger partial charge in [-0.2, -0.15) is 0 Å². The van der Waals surface area contributed by atoms with Crippen LogP contribution in [0.2, 0.25) is 5.02 Å². The van der Waals surface area contributed by atoms with Crippen molar-refractivity contribution in [3.8, 4) is 11.3 Å². The largest absolute Gasteiger partial charge is 0.302 e. The summed E-state index contributed by atoms with van der Waals surface area (Å²) in [5.41, 5.74) is 2.38. The number of nitrogens with one attached hydrogen (secondary N) is 1. The average Bonchev–Trinajstić information content (AvgIpc) is 3.30. The zero-order chi connectivity index (χ0) is 21.5. The molecule has 0 aliphatic heterocycles. The lowest BCUT2D eigenvalue weighted by atomic mass is 9.96. The maximum Gasteiger partial charge on any atom is 0.230 e. The number of nitrogens with zero attached hydrogens (tertiary/aromatic N) is 3. The van der Waals surface area contributed by atoms with Crippen LogP contribution >= 0.6 is 22.9 Å². The molecule has 0 bridgehead atoms. The van der Waals surface area contributed by atoms with E-state index in [1.54, 1.807) is 42.9 Å². The number of fused-ring (bicyclic) bond motifs is 1.